The lowest BCUT2D eigenvalue weighted by molar-refractivity contribution is 0.142. The Balaban J connectivity index is 1.59. The van der Waals surface area contributed by atoms with Crippen molar-refractivity contribution in [3.63, 3.8) is 0 Å². The van der Waals surface area contributed by atoms with Crippen LogP contribution in [0.4, 0.5) is 4.79 Å². The minimum atomic E-state index is -0.590. The fourth-order valence-corrected chi connectivity index (χ4v) is 7.01. The monoisotopic (exact) mass is 449 g/mol. The van der Waals surface area contributed by atoms with Crippen molar-refractivity contribution in [2.45, 2.75) is 92.4 Å². The van der Waals surface area contributed by atoms with Gasteiger partial charge in [0.25, 0.3) is 0 Å². The molecule has 180 valence electrons. The van der Waals surface area contributed by atoms with Crippen LogP contribution in [0.1, 0.15) is 94.0 Å². The number of amides is 2. The smallest absolute Gasteiger partial charge is 0.332 e. The van der Waals surface area contributed by atoms with Gasteiger partial charge in [-0.15, -0.1) is 0 Å². The fourth-order valence-electron chi connectivity index (χ4n) is 7.01. The number of hydrazone groups is 1. The maximum absolute atomic E-state index is 11.1. The average molecular weight is 450 g/mol. The highest BCUT2D eigenvalue weighted by Crippen LogP contribution is 2.61. The summed E-state index contributed by atoms with van der Waals surface area (Å²) in [6, 6.07) is 1.97. The van der Waals surface area contributed by atoms with Gasteiger partial charge in [0.05, 0.1) is 0 Å². The van der Waals surface area contributed by atoms with Gasteiger partial charge in [-0.05, 0) is 108 Å². The van der Waals surface area contributed by atoms with Crippen molar-refractivity contribution in [2.24, 2.45) is 39.9 Å². The Hall–Kier alpha value is -2.10. The largest absolute Gasteiger partial charge is 0.350 e. The Bertz CT molecular complexity index is 976. The first-order valence-electron chi connectivity index (χ1n) is 13.0. The summed E-state index contributed by atoms with van der Waals surface area (Å²) >= 11 is 0. The van der Waals surface area contributed by atoms with Crippen molar-refractivity contribution in [1.29, 1.82) is 0 Å². The molecule has 0 bridgehead atoms. The van der Waals surface area contributed by atoms with Gasteiger partial charge in [-0.2, -0.15) is 5.10 Å². The number of aryl methyl sites for hydroxylation is 1. The van der Waals surface area contributed by atoms with Gasteiger partial charge in [-0.3, -0.25) is 0 Å². The number of nitrogens with zero attached hydrogens (tertiary/aromatic N) is 1. The molecule has 1 fully saturated rings. The van der Waals surface area contributed by atoms with Crippen LogP contribution in [-0.2, 0) is 19.3 Å². The molecule has 1 aromatic carbocycles. The SMILES string of the molecule is Cc1c2c(cc3c1CC[C@]1(C)[C@@H]([C@H](C)/C=C/[C@H](C)C(C)C)CC[C@@H]31)CC/C(=N/NC(N)=O)C2. The number of carbonyl (C=O) groups is 1. The number of nitrogens with one attached hydrogen (secondary N) is 1. The topological polar surface area (TPSA) is 67.5 Å². The summed E-state index contributed by atoms with van der Waals surface area (Å²) in [5, 5.41) is 4.25. The van der Waals surface area contributed by atoms with Gasteiger partial charge in [0.15, 0.2) is 0 Å². The molecule has 4 rings (SSSR count). The van der Waals surface area contributed by atoms with Crippen molar-refractivity contribution in [3.05, 3.63) is 46.0 Å². The van der Waals surface area contributed by atoms with Gasteiger partial charge < -0.3 is 5.73 Å². The first-order chi connectivity index (χ1) is 15.6. The number of urea groups is 1. The highest BCUT2D eigenvalue weighted by Gasteiger charge is 2.51. The Labute approximate surface area is 200 Å². The Morgan fingerprint density at radius 2 is 1.91 bits per heavy atom. The third-order valence-corrected chi connectivity index (χ3v) is 9.46. The number of carbonyl (C=O) groups excluding carboxylic acids is 1. The van der Waals surface area contributed by atoms with Gasteiger partial charge in [0, 0.05) is 12.1 Å². The fraction of sp³-hybridized carbons (Fsp3) is 0.655. The molecule has 3 aliphatic carbocycles. The predicted octanol–water partition coefficient (Wildman–Crippen LogP) is 6.44. The number of rotatable bonds is 5. The molecule has 3 N–H and O–H groups in total. The van der Waals surface area contributed by atoms with E-state index in [-0.39, 0.29) is 0 Å². The van der Waals surface area contributed by atoms with Gasteiger partial charge in [0.1, 0.15) is 0 Å². The van der Waals surface area contributed by atoms with Crippen LogP contribution in [0, 0.1) is 36.0 Å². The summed E-state index contributed by atoms with van der Waals surface area (Å²) in [6.07, 6.45) is 12.9. The number of hydrogen-bond donors (Lipinski definition) is 2. The first kappa shape index (κ1) is 24.0. The standard InChI is InChI=1S/C29H43N3O/c1-17(2)18(3)7-8-19(4)26-11-12-27-25-15-21-9-10-22(31-32-28(30)33)16-24(21)20(5)23(25)13-14-29(26,27)6/h7-8,15,17-19,26-27H,9-14,16H2,1-6H3,(H3,30,32,33)/b8-7+,31-22-/t18-,19+,26+,27-,29+/m0/s1. The summed E-state index contributed by atoms with van der Waals surface area (Å²) in [4.78, 5) is 11.1. The molecule has 1 saturated carbocycles. The molecule has 1 aromatic rings. The molecule has 0 saturated heterocycles. The third kappa shape index (κ3) is 4.50. The van der Waals surface area contributed by atoms with E-state index in [1.807, 2.05) is 0 Å². The number of nitrogens with two attached hydrogens (primary N) is 1. The maximum Gasteiger partial charge on any atom is 0.332 e. The summed E-state index contributed by atoms with van der Waals surface area (Å²) in [7, 11) is 0. The zero-order chi connectivity index (χ0) is 23.9. The van der Waals surface area contributed by atoms with Crippen LogP contribution in [0.15, 0.2) is 23.3 Å². The molecule has 0 radical (unpaired) electrons. The van der Waals surface area contributed by atoms with Crippen molar-refractivity contribution in [2.75, 3.05) is 0 Å². The van der Waals surface area contributed by atoms with Crippen LogP contribution in [0.3, 0.4) is 0 Å². The molecule has 0 aromatic heterocycles. The predicted molar refractivity (Wildman–Crippen MR) is 138 cm³/mol. The summed E-state index contributed by atoms with van der Waals surface area (Å²) in [5.41, 5.74) is 16.7. The molecule has 0 unspecified atom stereocenters. The molecule has 2 amide bonds. The molecular formula is C29H43N3O. The van der Waals surface area contributed by atoms with Gasteiger partial charge in [0.2, 0.25) is 0 Å². The van der Waals surface area contributed by atoms with E-state index in [4.69, 9.17) is 5.73 Å². The highest BCUT2D eigenvalue weighted by atomic mass is 16.2. The van der Waals surface area contributed by atoms with E-state index in [9.17, 15) is 4.79 Å². The average Bonchev–Trinajstić information content (AvgIpc) is 3.13. The highest BCUT2D eigenvalue weighted by molar-refractivity contribution is 5.90. The normalized spacial score (nSPS) is 29.6. The zero-order valence-corrected chi connectivity index (χ0v) is 21.5. The van der Waals surface area contributed by atoms with E-state index in [0.29, 0.717) is 29.1 Å². The molecule has 5 atom stereocenters. The van der Waals surface area contributed by atoms with Crippen LogP contribution in [-0.4, -0.2) is 11.7 Å². The number of hydrogen-bond acceptors (Lipinski definition) is 2. The molecule has 33 heavy (non-hydrogen) atoms. The van der Waals surface area contributed by atoms with Gasteiger partial charge >= 0.3 is 6.03 Å². The van der Waals surface area contributed by atoms with E-state index in [1.165, 1.54) is 42.4 Å². The summed E-state index contributed by atoms with van der Waals surface area (Å²) in [5.74, 6) is 3.43. The molecule has 3 aliphatic rings. The van der Waals surface area contributed by atoms with Crippen molar-refractivity contribution >= 4 is 11.7 Å². The minimum Gasteiger partial charge on any atom is -0.350 e. The summed E-state index contributed by atoms with van der Waals surface area (Å²) < 4.78 is 0. The van der Waals surface area contributed by atoms with E-state index in [2.05, 4.69) is 70.3 Å². The van der Waals surface area contributed by atoms with Crippen LogP contribution in [0.25, 0.3) is 0 Å². The second kappa shape index (κ2) is 9.27. The van der Waals surface area contributed by atoms with Crippen LogP contribution < -0.4 is 11.2 Å². The third-order valence-electron chi connectivity index (χ3n) is 9.46. The van der Waals surface area contributed by atoms with Crippen molar-refractivity contribution in [3.8, 4) is 0 Å². The zero-order valence-electron chi connectivity index (χ0n) is 21.5. The first-order valence-corrected chi connectivity index (χ1v) is 13.0. The quantitative estimate of drug-likeness (QED) is 0.394. The molecule has 0 aliphatic heterocycles. The molecule has 0 spiro atoms. The Morgan fingerprint density at radius 3 is 2.61 bits per heavy atom. The van der Waals surface area contributed by atoms with Gasteiger partial charge in [-0.1, -0.05) is 52.8 Å². The summed E-state index contributed by atoms with van der Waals surface area (Å²) in [6.45, 7) is 14.3. The Kier molecular flexibility index (Phi) is 6.75. The lowest BCUT2D eigenvalue weighted by Gasteiger charge is -2.44. The lowest BCUT2D eigenvalue weighted by atomic mass is 9.60. The van der Waals surface area contributed by atoms with Crippen LogP contribution in [0.5, 0.6) is 0 Å². The second-order valence-corrected chi connectivity index (χ2v) is 11.6. The van der Waals surface area contributed by atoms with Crippen molar-refractivity contribution < 1.29 is 4.79 Å². The van der Waals surface area contributed by atoms with E-state index < -0.39 is 6.03 Å². The van der Waals surface area contributed by atoms with Crippen LogP contribution in [0.2, 0.25) is 0 Å². The number of primary amides is 1. The molecule has 4 nitrogen and oxygen atoms in total. The minimum absolute atomic E-state index is 0.394. The van der Waals surface area contributed by atoms with E-state index >= 15 is 0 Å². The van der Waals surface area contributed by atoms with E-state index in [0.717, 1.165) is 30.9 Å². The second-order valence-electron chi connectivity index (χ2n) is 11.6. The lowest BCUT2D eigenvalue weighted by Crippen LogP contribution is -2.35. The molecule has 0 heterocycles. The Morgan fingerprint density at radius 1 is 1.15 bits per heavy atom. The van der Waals surface area contributed by atoms with E-state index in [1.54, 1.807) is 11.1 Å². The maximum atomic E-state index is 11.1. The molecule has 4 heteroatoms. The molecular weight excluding hydrogens is 406 g/mol. The number of allylic oxidation sites excluding steroid dienone is 2. The number of benzene rings is 1. The van der Waals surface area contributed by atoms with Crippen molar-refractivity contribution in [1.82, 2.24) is 5.43 Å². The van der Waals surface area contributed by atoms with Crippen LogP contribution >= 0.6 is 0 Å². The number of fused-ring (bicyclic) bond motifs is 4. The van der Waals surface area contributed by atoms with Gasteiger partial charge in [-0.25, -0.2) is 10.2 Å².